The molecule has 0 fully saturated rings. The molecule has 0 atom stereocenters. The molecule has 0 aliphatic heterocycles. The summed E-state index contributed by atoms with van der Waals surface area (Å²) >= 11 is 0. The molecule has 76 valence electrons. The van der Waals surface area contributed by atoms with Gasteiger partial charge in [0.15, 0.2) is 0 Å². The third-order valence-corrected chi connectivity index (χ3v) is 2.03. The monoisotopic (exact) mass is 192 g/mol. The van der Waals surface area contributed by atoms with Crippen LogP contribution >= 0.6 is 0 Å². The van der Waals surface area contributed by atoms with Gasteiger partial charge in [-0.1, -0.05) is 18.2 Å². The maximum absolute atomic E-state index is 11.3. The van der Waals surface area contributed by atoms with E-state index >= 15 is 0 Å². The van der Waals surface area contributed by atoms with Gasteiger partial charge < -0.3 is 10.6 Å². The molecule has 0 aliphatic carbocycles. The summed E-state index contributed by atoms with van der Waals surface area (Å²) in [5, 5.41) is 0. The fourth-order valence-corrected chi connectivity index (χ4v) is 1.33. The van der Waals surface area contributed by atoms with Crippen molar-refractivity contribution in [2.75, 3.05) is 18.0 Å². The van der Waals surface area contributed by atoms with Crippen LogP contribution in [0.2, 0.25) is 0 Å². The number of anilines is 1. The molecule has 0 bridgehead atoms. The summed E-state index contributed by atoms with van der Waals surface area (Å²) in [5.74, 6) is 0.0599. The predicted molar refractivity (Wildman–Crippen MR) is 58.1 cm³/mol. The Morgan fingerprint density at radius 1 is 1.36 bits per heavy atom. The summed E-state index contributed by atoms with van der Waals surface area (Å²) in [5.41, 5.74) is 6.36. The smallest absolute Gasteiger partial charge is 0.223 e. The molecule has 0 aliphatic rings. The number of amides is 1. The second kappa shape index (κ2) is 5.40. The van der Waals surface area contributed by atoms with Crippen molar-refractivity contribution in [2.24, 2.45) is 5.73 Å². The highest BCUT2D eigenvalue weighted by atomic mass is 16.2. The quantitative estimate of drug-likeness (QED) is 0.783. The lowest BCUT2D eigenvalue weighted by atomic mass is 10.2. The Labute approximate surface area is 84.5 Å². The molecular formula is C11H16N2O. The zero-order valence-corrected chi connectivity index (χ0v) is 8.44. The number of nitrogens with two attached hydrogens (primary N) is 1. The van der Waals surface area contributed by atoms with Gasteiger partial charge in [-0.15, -0.1) is 0 Å². The van der Waals surface area contributed by atoms with Crippen LogP contribution in [0.4, 0.5) is 5.69 Å². The fourth-order valence-electron chi connectivity index (χ4n) is 1.33. The summed E-state index contributed by atoms with van der Waals surface area (Å²) < 4.78 is 0. The Hall–Kier alpha value is -1.35. The summed E-state index contributed by atoms with van der Waals surface area (Å²) in [6.07, 6.45) is 0.828. The molecule has 3 heteroatoms. The van der Waals surface area contributed by atoms with Crippen molar-refractivity contribution in [3.63, 3.8) is 0 Å². The van der Waals surface area contributed by atoms with E-state index in [1.54, 1.807) is 11.8 Å². The molecule has 1 aromatic carbocycles. The second-order valence-corrected chi connectivity index (χ2v) is 3.15. The average Bonchev–Trinajstić information content (AvgIpc) is 2.19. The first-order valence-electron chi connectivity index (χ1n) is 4.79. The van der Waals surface area contributed by atoms with Crippen molar-refractivity contribution >= 4 is 11.6 Å². The van der Waals surface area contributed by atoms with Crippen LogP contribution in [0.5, 0.6) is 0 Å². The maximum Gasteiger partial charge on any atom is 0.223 e. The van der Waals surface area contributed by atoms with E-state index < -0.39 is 0 Å². The Kier molecular flexibility index (Phi) is 4.13. The molecule has 0 saturated carbocycles. The van der Waals surface area contributed by atoms with Crippen molar-refractivity contribution in [1.82, 2.24) is 0 Å². The highest BCUT2D eigenvalue weighted by Crippen LogP contribution is 2.13. The van der Waals surface area contributed by atoms with Gasteiger partial charge in [0, 0.05) is 19.2 Å². The molecule has 0 spiro atoms. The third kappa shape index (κ3) is 2.85. The van der Waals surface area contributed by atoms with E-state index in [-0.39, 0.29) is 5.91 Å². The van der Waals surface area contributed by atoms with E-state index in [2.05, 4.69) is 0 Å². The lowest BCUT2D eigenvalue weighted by molar-refractivity contribution is -0.116. The number of hydrogen-bond donors (Lipinski definition) is 1. The molecule has 0 saturated heterocycles. The topological polar surface area (TPSA) is 46.3 Å². The zero-order valence-electron chi connectivity index (χ0n) is 8.44. The number of nitrogens with zero attached hydrogens (tertiary/aromatic N) is 1. The van der Waals surface area contributed by atoms with Crippen molar-refractivity contribution in [3.05, 3.63) is 30.3 Å². The van der Waals surface area contributed by atoms with Gasteiger partial charge in [-0.3, -0.25) is 4.79 Å². The molecule has 1 rings (SSSR count). The number of benzene rings is 1. The maximum atomic E-state index is 11.3. The van der Waals surface area contributed by atoms with Crippen molar-refractivity contribution in [3.8, 4) is 0 Å². The van der Waals surface area contributed by atoms with Crippen LogP contribution in [0.3, 0.4) is 0 Å². The van der Waals surface area contributed by atoms with Crippen LogP contribution in [0, 0.1) is 0 Å². The minimum atomic E-state index is 0.0599. The van der Waals surface area contributed by atoms with Gasteiger partial charge in [0.05, 0.1) is 0 Å². The molecular weight excluding hydrogens is 176 g/mol. The molecule has 0 unspecified atom stereocenters. The molecule has 0 aromatic heterocycles. The van der Waals surface area contributed by atoms with Crippen LogP contribution in [-0.4, -0.2) is 19.0 Å². The van der Waals surface area contributed by atoms with Gasteiger partial charge in [0.1, 0.15) is 0 Å². The van der Waals surface area contributed by atoms with E-state index in [9.17, 15) is 4.79 Å². The molecule has 3 nitrogen and oxygen atoms in total. The van der Waals surface area contributed by atoms with E-state index in [1.165, 1.54) is 0 Å². The van der Waals surface area contributed by atoms with Crippen molar-refractivity contribution < 1.29 is 4.79 Å². The van der Waals surface area contributed by atoms with E-state index in [4.69, 9.17) is 5.73 Å². The largest absolute Gasteiger partial charge is 0.330 e. The van der Waals surface area contributed by atoms with Crippen LogP contribution < -0.4 is 10.6 Å². The van der Waals surface area contributed by atoms with Gasteiger partial charge in [-0.25, -0.2) is 0 Å². The molecule has 0 heterocycles. The van der Waals surface area contributed by atoms with Crippen LogP contribution in [0.15, 0.2) is 30.3 Å². The zero-order chi connectivity index (χ0) is 10.4. The Morgan fingerprint density at radius 3 is 2.50 bits per heavy atom. The molecule has 1 aromatic rings. The number of carbonyl (C=O) groups excluding carboxylic acids is 1. The highest BCUT2D eigenvalue weighted by Gasteiger charge is 2.09. The van der Waals surface area contributed by atoms with Crippen LogP contribution in [0.25, 0.3) is 0 Å². The lowest BCUT2D eigenvalue weighted by Crippen LogP contribution is -2.30. The van der Waals surface area contributed by atoms with Crippen molar-refractivity contribution in [1.29, 1.82) is 0 Å². The van der Waals surface area contributed by atoms with E-state index in [0.717, 1.165) is 12.1 Å². The first-order valence-corrected chi connectivity index (χ1v) is 4.79. The normalized spacial score (nSPS) is 9.86. The second-order valence-electron chi connectivity index (χ2n) is 3.15. The van der Waals surface area contributed by atoms with Gasteiger partial charge >= 0.3 is 0 Å². The SMILES string of the molecule is CC(=O)N(CCCN)c1ccccc1. The molecule has 14 heavy (non-hydrogen) atoms. The minimum Gasteiger partial charge on any atom is -0.330 e. The minimum absolute atomic E-state index is 0.0599. The number of para-hydroxylation sites is 1. The molecule has 0 radical (unpaired) electrons. The number of carbonyl (C=O) groups is 1. The standard InChI is InChI=1S/C11H16N2O/c1-10(14)13(9-5-8-12)11-6-3-2-4-7-11/h2-4,6-7H,5,8-9,12H2,1H3. The molecule has 1 amide bonds. The average molecular weight is 192 g/mol. The summed E-state index contributed by atoms with van der Waals surface area (Å²) in [6.45, 7) is 2.87. The van der Waals surface area contributed by atoms with Crippen LogP contribution in [-0.2, 0) is 4.79 Å². The van der Waals surface area contributed by atoms with Gasteiger partial charge in [-0.2, -0.15) is 0 Å². The van der Waals surface area contributed by atoms with Crippen molar-refractivity contribution in [2.45, 2.75) is 13.3 Å². The Balaban J connectivity index is 2.73. The highest BCUT2D eigenvalue weighted by molar-refractivity contribution is 5.91. The fraction of sp³-hybridized carbons (Fsp3) is 0.364. The summed E-state index contributed by atoms with van der Waals surface area (Å²) in [7, 11) is 0. The van der Waals surface area contributed by atoms with Gasteiger partial charge in [0.2, 0.25) is 5.91 Å². The summed E-state index contributed by atoms with van der Waals surface area (Å²) in [4.78, 5) is 13.1. The third-order valence-electron chi connectivity index (χ3n) is 2.03. The molecule has 2 N–H and O–H groups in total. The lowest BCUT2D eigenvalue weighted by Gasteiger charge is -2.20. The number of rotatable bonds is 4. The first kappa shape index (κ1) is 10.7. The first-order chi connectivity index (χ1) is 6.75. The van der Waals surface area contributed by atoms with E-state index in [1.807, 2.05) is 30.3 Å². The summed E-state index contributed by atoms with van der Waals surface area (Å²) in [6, 6.07) is 9.64. The van der Waals surface area contributed by atoms with Crippen LogP contribution in [0.1, 0.15) is 13.3 Å². The Morgan fingerprint density at radius 2 is 2.00 bits per heavy atom. The number of hydrogen-bond acceptors (Lipinski definition) is 2. The van der Waals surface area contributed by atoms with Gasteiger partial charge in [0.25, 0.3) is 0 Å². The van der Waals surface area contributed by atoms with Gasteiger partial charge in [-0.05, 0) is 25.1 Å². The Bertz CT molecular complexity index is 285. The van der Waals surface area contributed by atoms with E-state index in [0.29, 0.717) is 13.1 Å². The predicted octanol–water partition coefficient (Wildman–Crippen LogP) is 1.39.